The third kappa shape index (κ3) is 12.2. The van der Waals surface area contributed by atoms with Gasteiger partial charge in [0.15, 0.2) is 5.78 Å². The average Bonchev–Trinajstić information content (AvgIpc) is 3.36. The fraction of sp³-hybridized carbons (Fsp3) is 0.759. The van der Waals surface area contributed by atoms with Crippen LogP contribution in [0.1, 0.15) is 85.8 Å². The van der Waals surface area contributed by atoms with Crippen molar-refractivity contribution < 1.29 is 23.5 Å². The minimum Gasteiger partial charge on any atom is -0.468 e. The Hall–Kier alpha value is -2.00. The molecule has 1 aliphatic heterocycles. The Morgan fingerprint density at radius 2 is 1.92 bits per heavy atom. The number of ketones is 1. The predicted molar refractivity (Wildman–Crippen MR) is 153 cm³/mol. The number of rotatable bonds is 15. The third-order valence-electron chi connectivity index (χ3n) is 6.53. The maximum atomic E-state index is 13.1. The summed E-state index contributed by atoms with van der Waals surface area (Å²) >= 11 is 1.57. The lowest BCUT2D eigenvalue weighted by molar-refractivity contribution is -0.127. The van der Waals surface area contributed by atoms with Crippen molar-refractivity contribution in [3.05, 3.63) is 24.2 Å². The number of carbonyl (C=O) groups excluding carboxylic acids is 3. The number of furan rings is 1. The smallest absolute Gasteiger partial charge is 0.410 e. The van der Waals surface area contributed by atoms with Crippen molar-refractivity contribution in [3.63, 3.8) is 0 Å². The molecule has 0 bridgehead atoms. The van der Waals surface area contributed by atoms with Crippen LogP contribution in [0.3, 0.4) is 0 Å². The number of amides is 2. The molecule has 2 atom stereocenters. The van der Waals surface area contributed by atoms with Gasteiger partial charge in [0.25, 0.3) is 0 Å². The molecule has 2 N–H and O–H groups in total. The Morgan fingerprint density at radius 1 is 1.21 bits per heavy atom. The van der Waals surface area contributed by atoms with Gasteiger partial charge in [0.2, 0.25) is 5.91 Å². The van der Waals surface area contributed by atoms with Crippen molar-refractivity contribution in [2.45, 2.75) is 104 Å². The molecule has 0 aliphatic carbocycles. The predicted octanol–water partition coefficient (Wildman–Crippen LogP) is 5.41. The standard InChI is InChI=1S/C29H49N3O5S/c1-7-8-11-25(26(33)20-38-19-24-10-9-16-36-24)30-18-23(17-21(2)3)31-27(34)22-12-14-32(15-13-22)28(35)37-29(4,5)6/h9-10,16,21-23,25,30H,7-8,11-15,17-20H2,1-6H3,(H,31,34). The molecule has 1 fully saturated rings. The minimum atomic E-state index is -0.531. The van der Waals surface area contributed by atoms with Gasteiger partial charge in [-0.05, 0) is 64.5 Å². The van der Waals surface area contributed by atoms with Gasteiger partial charge in [0.1, 0.15) is 11.4 Å². The number of nitrogens with zero attached hydrogens (tertiary/aromatic N) is 1. The van der Waals surface area contributed by atoms with Crippen molar-refractivity contribution >= 4 is 29.5 Å². The molecule has 9 heteroatoms. The summed E-state index contributed by atoms with van der Waals surface area (Å²) in [6.07, 6.45) is 6.21. The van der Waals surface area contributed by atoms with Crippen LogP contribution in [0.4, 0.5) is 4.79 Å². The van der Waals surface area contributed by atoms with E-state index in [9.17, 15) is 14.4 Å². The van der Waals surface area contributed by atoms with E-state index >= 15 is 0 Å². The van der Waals surface area contributed by atoms with E-state index in [-0.39, 0.29) is 35.8 Å². The molecule has 2 unspecified atom stereocenters. The van der Waals surface area contributed by atoms with Crippen molar-refractivity contribution in [3.8, 4) is 0 Å². The van der Waals surface area contributed by atoms with Crippen LogP contribution in [0.2, 0.25) is 0 Å². The van der Waals surface area contributed by atoms with Gasteiger partial charge in [0.05, 0.1) is 23.8 Å². The fourth-order valence-electron chi connectivity index (χ4n) is 4.55. The molecule has 1 saturated heterocycles. The SMILES string of the molecule is CCCCC(NCC(CC(C)C)NC(=O)C1CCN(C(=O)OC(C)(C)C)CC1)C(=O)CSCc1ccco1. The summed E-state index contributed by atoms with van der Waals surface area (Å²) in [5.74, 6) is 2.49. The molecule has 0 aromatic carbocycles. The van der Waals surface area contributed by atoms with Crippen LogP contribution in [-0.2, 0) is 20.1 Å². The highest BCUT2D eigenvalue weighted by atomic mass is 32.2. The van der Waals surface area contributed by atoms with Gasteiger partial charge in [-0.25, -0.2) is 4.79 Å². The van der Waals surface area contributed by atoms with E-state index < -0.39 is 5.60 Å². The monoisotopic (exact) mass is 551 g/mol. The summed E-state index contributed by atoms with van der Waals surface area (Å²) in [7, 11) is 0. The zero-order chi connectivity index (χ0) is 28.1. The Kier molecular flexibility index (Phi) is 13.7. The zero-order valence-electron chi connectivity index (χ0n) is 24.2. The summed E-state index contributed by atoms with van der Waals surface area (Å²) in [5.41, 5.74) is -0.531. The van der Waals surface area contributed by atoms with Crippen LogP contribution < -0.4 is 10.6 Å². The number of ether oxygens (including phenoxy) is 1. The summed E-state index contributed by atoms with van der Waals surface area (Å²) < 4.78 is 10.8. The molecule has 0 spiro atoms. The third-order valence-corrected chi connectivity index (χ3v) is 7.51. The minimum absolute atomic E-state index is 0.0340. The van der Waals surface area contributed by atoms with Crippen LogP contribution in [0.15, 0.2) is 22.8 Å². The van der Waals surface area contributed by atoms with E-state index in [1.165, 1.54) is 0 Å². The lowest BCUT2D eigenvalue weighted by Crippen LogP contribution is -2.51. The van der Waals surface area contributed by atoms with Crippen LogP contribution in [-0.4, -0.2) is 65.8 Å². The highest BCUT2D eigenvalue weighted by Crippen LogP contribution is 2.21. The first-order valence-corrected chi connectivity index (χ1v) is 15.3. The lowest BCUT2D eigenvalue weighted by atomic mass is 9.95. The number of nitrogens with one attached hydrogen (secondary N) is 2. The quantitative estimate of drug-likeness (QED) is 0.301. The van der Waals surface area contributed by atoms with E-state index in [1.807, 2.05) is 32.9 Å². The number of unbranched alkanes of at least 4 members (excludes halogenated alkanes) is 1. The largest absolute Gasteiger partial charge is 0.468 e. The molecular formula is C29H49N3O5S. The van der Waals surface area contributed by atoms with Gasteiger partial charge in [0, 0.05) is 31.6 Å². The number of likely N-dealkylation sites (tertiary alicyclic amines) is 1. The highest BCUT2D eigenvalue weighted by Gasteiger charge is 2.31. The molecule has 38 heavy (non-hydrogen) atoms. The zero-order valence-corrected chi connectivity index (χ0v) is 25.0. The Morgan fingerprint density at radius 3 is 2.50 bits per heavy atom. The first-order chi connectivity index (χ1) is 18.0. The van der Waals surface area contributed by atoms with E-state index in [4.69, 9.17) is 9.15 Å². The van der Waals surface area contributed by atoms with Crippen molar-refractivity contribution in [1.29, 1.82) is 0 Å². The van der Waals surface area contributed by atoms with Gasteiger partial charge < -0.3 is 24.7 Å². The Balaban J connectivity index is 1.87. The van der Waals surface area contributed by atoms with Crippen molar-refractivity contribution in [2.75, 3.05) is 25.4 Å². The molecule has 1 aliphatic rings. The van der Waals surface area contributed by atoms with E-state index in [2.05, 4.69) is 31.4 Å². The molecule has 0 radical (unpaired) electrons. The fourth-order valence-corrected chi connectivity index (χ4v) is 5.42. The molecule has 8 nitrogen and oxygen atoms in total. The average molecular weight is 552 g/mol. The van der Waals surface area contributed by atoms with Crippen LogP contribution >= 0.6 is 11.8 Å². The number of piperidine rings is 1. The first kappa shape index (κ1) is 32.2. The second-order valence-corrected chi connectivity index (χ2v) is 12.7. The maximum absolute atomic E-state index is 13.1. The number of hydrogen-bond donors (Lipinski definition) is 2. The van der Waals surface area contributed by atoms with Crippen LogP contribution in [0.25, 0.3) is 0 Å². The number of Topliss-reactive ketones (excluding diaryl/α,β-unsaturated/α-hetero) is 1. The summed E-state index contributed by atoms with van der Waals surface area (Å²) in [6, 6.07) is 3.50. The molecule has 2 rings (SSSR count). The molecule has 216 valence electrons. The summed E-state index contributed by atoms with van der Waals surface area (Å²) in [4.78, 5) is 40.2. The maximum Gasteiger partial charge on any atom is 0.410 e. The Bertz CT molecular complexity index is 845. The molecule has 2 amide bonds. The van der Waals surface area contributed by atoms with Gasteiger partial charge in [-0.3, -0.25) is 9.59 Å². The molecular weight excluding hydrogens is 502 g/mol. The summed E-state index contributed by atoms with van der Waals surface area (Å²) in [5, 5.41) is 6.73. The molecule has 1 aromatic rings. The van der Waals surface area contributed by atoms with E-state index in [0.717, 1.165) is 31.4 Å². The summed E-state index contributed by atoms with van der Waals surface area (Å²) in [6.45, 7) is 13.6. The van der Waals surface area contributed by atoms with Gasteiger partial charge in [-0.2, -0.15) is 0 Å². The molecule has 1 aromatic heterocycles. The first-order valence-electron chi connectivity index (χ1n) is 14.1. The van der Waals surface area contributed by atoms with E-state index in [0.29, 0.717) is 49.9 Å². The van der Waals surface area contributed by atoms with Gasteiger partial charge in [-0.15, -0.1) is 11.8 Å². The van der Waals surface area contributed by atoms with Crippen molar-refractivity contribution in [2.24, 2.45) is 11.8 Å². The van der Waals surface area contributed by atoms with Crippen molar-refractivity contribution in [1.82, 2.24) is 15.5 Å². The van der Waals surface area contributed by atoms with Gasteiger partial charge in [-0.1, -0.05) is 33.6 Å². The molecule has 2 heterocycles. The Labute approximate surface area is 233 Å². The second-order valence-electron chi connectivity index (χ2n) is 11.7. The number of carbonyl (C=O) groups is 3. The van der Waals surface area contributed by atoms with Gasteiger partial charge >= 0.3 is 6.09 Å². The number of thioether (sulfide) groups is 1. The topological polar surface area (TPSA) is 101 Å². The lowest BCUT2D eigenvalue weighted by Gasteiger charge is -2.33. The van der Waals surface area contributed by atoms with Crippen LogP contribution in [0, 0.1) is 11.8 Å². The van der Waals surface area contributed by atoms with Crippen LogP contribution in [0.5, 0.6) is 0 Å². The highest BCUT2D eigenvalue weighted by molar-refractivity contribution is 7.99. The molecule has 0 saturated carbocycles. The normalized spacial score (nSPS) is 16.3. The number of hydrogen-bond acceptors (Lipinski definition) is 7. The van der Waals surface area contributed by atoms with E-state index in [1.54, 1.807) is 22.9 Å². The second kappa shape index (κ2) is 16.2.